The number of aromatic amines is 1. The highest BCUT2D eigenvalue weighted by Crippen LogP contribution is 2.19. The molecule has 0 fully saturated rings. The maximum atomic E-state index is 5.80. The normalized spacial score (nSPS) is 10.8. The lowest BCUT2D eigenvalue weighted by atomic mass is 10.1. The summed E-state index contributed by atoms with van der Waals surface area (Å²) in [5, 5.41) is 1.21. The minimum atomic E-state index is 0.704. The van der Waals surface area contributed by atoms with E-state index >= 15 is 0 Å². The summed E-state index contributed by atoms with van der Waals surface area (Å²) in [5.74, 6) is 0.919. The quantitative estimate of drug-likeness (QED) is 0.742. The summed E-state index contributed by atoms with van der Waals surface area (Å²) in [6.45, 7) is 2.81. The van der Waals surface area contributed by atoms with Gasteiger partial charge in [0.1, 0.15) is 5.75 Å². The van der Waals surface area contributed by atoms with E-state index in [-0.39, 0.29) is 0 Å². The van der Waals surface area contributed by atoms with Gasteiger partial charge in [0, 0.05) is 24.2 Å². The van der Waals surface area contributed by atoms with Crippen molar-refractivity contribution < 1.29 is 4.74 Å². The van der Waals surface area contributed by atoms with E-state index in [4.69, 9.17) is 4.74 Å². The van der Waals surface area contributed by atoms with Gasteiger partial charge in [-0.15, -0.1) is 0 Å². The van der Waals surface area contributed by atoms with Crippen molar-refractivity contribution in [3.63, 3.8) is 0 Å². The molecule has 0 unspecified atom stereocenters. The van der Waals surface area contributed by atoms with Crippen LogP contribution in [0.15, 0.2) is 54.7 Å². The molecule has 19 heavy (non-hydrogen) atoms. The second kappa shape index (κ2) is 5.19. The third-order valence-corrected chi connectivity index (χ3v) is 3.31. The van der Waals surface area contributed by atoms with Gasteiger partial charge in [-0.05, 0) is 36.1 Å². The minimum absolute atomic E-state index is 0.704. The van der Waals surface area contributed by atoms with Gasteiger partial charge in [-0.1, -0.05) is 29.8 Å². The van der Waals surface area contributed by atoms with E-state index in [9.17, 15) is 0 Å². The predicted octanol–water partition coefficient (Wildman–Crippen LogP) is 4.10. The van der Waals surface area contributed by atoms with Crippen LogP contribution in [0.4, 0.5) is 0 Å². The molecule has 0 aliphatic carbocycles. The van der Waals surface area contributed by atoms with Gasteiger partial charge in [0.2, 0.25) is 0 Å². The Bertz CT molecular complexity index is 667. The number of rotatable bonds is 4. The van der Waals surface area contributed by atoms with Gasteiger partial charge in [0.25, 0.3) is 0 Å². The van der Waals surface area contributed by atoms with Gasteiger partial charge in [-0.3, -0.25) is 0 Å². The van der Waals surface area contributed by atoms with Crippen LogP contribution in [-0.2, 0) is 6.42 Å². The Hall–Kier alpha value is -2.22. The first-order chi connectivity index (χ1) is 9.31. The Morgan fingerprint density at radius 1 is 1.00 bits per heavy atom. The molecule has 0 spiro atoms. The van der Waals surface area contributed by atoms with E-state index < -0.39 is 0 Å². The Morgan fingerprint density at radius 2 is 1.84 bits per heavy atom. The second-order valence-electron chi connectivity index (χ2n) is 4.81. The molecule has 2 aromatic carbocycles. The van der Waals surface area contributed by atoms with Gasteiger partial charge in [0.05, 0.1) is 6.61 Å². The third-order valence-electron chi connectivity index (χ3n) is 3.31. The third kappa shape index (κ3) is 2.79. The summed E-state index contributed by atoms with van der Waals surface area (Å²) in [4.78, 5) is 3.19. The lowest BCUT2D eigenvalue weighted by Crippen LogP contribution is -2.01. The molecule has 1 N–H and O–H groups in total. The standard InChI is InChI=1S/C17H17NO/c1-13-2-4-14(5-3-13)9-11-19-16-7-6-15-8-10-18-17(15)12-16/h2-8,10,12,18H,9,11H2,1H3. The lowest BCUT2D eigenvalue weighted by molar-refractivity contribution is 0.322. The zero-order valence-electron chi connectivity index (χ0n) is 11.0. The molecule has 0 aliphatic rings. The summed E-state index contributed by atoms with van der Waals surface area (Å²) in [5.41, 5.74) is 3.72. The molecular weight excluding hydrogens is 234 g/mol. The zero-order chi connectivity index (χ0) is 13.1. The lowest BCUT2D eigenvalue weighted by Gasteiger charge is -2.06. The molecule has 3 rings (SSSR count). The number of nitrogens with one attached hydrogen (secondary N) is 1. The van der Waals surface area contributed by atoms with Crippen LogP contribution in [0.3, 0.4) is 0 Å². The molecule has 0 saturated heterocycles. The topological polar surface area (TPSA) is 25.0 Å². The van der Waals surface area contributed by atoms with Crippen LogP contribution in [0.5, 0.6) is 5.75 Å². The van der Waals surface area contributed by atoms with Gasteiger partial charge >= 0.3 is 0 Å². The SMILES string of the molecule is Cc1ccc(CCOc2ccc3cc[nH]c3c2)cc1. The molecule has 0 radical (unpaired) electrons. The van der Waals surface area contributed by atoms with Crippen LogP contribution in [-0.4, -0.2) is 11.6 Å². The fraction of sp³-hybridized carbons (Fsp3) is 0.176. The van der Waals surface area contributed by atoms with Gasteiger partial charge in [0.15, 0.2) is 0 Å². The summed E-state index contributed by atoms with van der Waals surface area (Å²) in [6, 6.07) is 16.8. The van der Waals surface area contributed by atoms with E-state index in [0.29, 0.717) is 6.61 Å². The highest BCUT2D eigenvalue weighted by molar-refractivity contribution is 5.80. The maximum Gasteiger partial charge on any atom is 0.121 e. The van der Waals surface area contributed by atoms with Crippen molar-refractivity contribution in [1.82, 2.24) is 4.98 Å². The Balaban J connectivity index is 1.61. The number of fused-ring (bicyclic) bond motifs is 1. The van der Waals surface area contributed by atoms with E-state index in [0.717, 1.165) is 17.7 Å². The Labute approximate surface area is 113 Å². The van der Waals surface area contributed by atoms with Gasteiger partial charge in [-0.2, -0.15) is 0 Å². The summed E-state index contributed by atoms with van der Waals surface area (Å²) in [7, 11) is 0. The Kier molecular flexibility index (Phi) is 3.23. The summed E-state index contributed by atoms with van der Waals surface area (Å²) < 4.78 is 5.80. The van der Waals surface area contributed by atoms with Crippen LogP contribution in [0.2, 0.25) is 0 Å². The summed E-state index contributed by atoms with van der Waals surface area (Å²) >= 11 is 0. The van der Waals surface area contributed by atoms with E-state index in [2.05, 4.69) is 48.3 Å². The average Bonchev–Trinajstić information content (AvgIpc) is 2.88. The van der Waals surface area contributed by atoms with E-state index in [1.165, 1.54) is 16.5 Å². The Morgan fingerprint density at radius 3 is 2.68 bits per heavy atom. The van der Waals surface area contributed by atoms with Crippen molar-refractivity contribution in [1.29, 1.82) is 0 Å². The smallest absolute Gasteiger partial charge is 0.121 e. The average molecular weight is 251 g/mol. The first kappa shape index (κ1) is 11.8. The maximum absolute atomic E-state index is 5.80. The first-order valence-electron chi connectivity index (χ1n) is 6.57. The number of H-pyrrole nitrogens is 1. The molecule has 0 bridgehead atoms. The molecule has 0 aliphatic heterocycles. The van der Waals surface area contributed by atoms with Crippen LogP contribution in [0, 0.1) is 6.92 Å². The number of hydrogen-bond donors (Lipinski definition) is 1. The molecular formula is C17H17NO. The molecule has 0 amide bonds. The molecule has 0 saturated carbocycles. The van der Waals surface area contributed by atoms with Crippen molar-refractivity contribution in [2.45, 2.75) is 13.3 Å². The first-order valence-corrected chi connectivity index (χ1v) is 6.57. The number of aromatic nitrogens is 1. The highest BCUT2D eigenvalue weighted by Gasteiger charge is 1.99. The molecule has 2 nitrogen and oxygen atoms in total. The largest absolute Gasteiger partial charge is 0.493 e. The molecule has 0 atom stereocenters. The van der Waals surface area contributed by atoms with Crippen LogP contribution in [0.1, 0.15) is 11.1 Å². The number of ether oxygens (including phenoxy) is 1. The van der Waals surface area contributed by atoms with Crippen LogP contribution >= 0.6 is 0 Å². The van der Waals surface area contributed by atoms with E-state index in [1.54, 1.807) is 0 Å². The molecule has 1 aromatic heterocycles. The molecule has 3 aromatic rings. The van der Waals surface area contributed by atoms with Gasteiger partial charge < -0.3 is 9.72 Å². The second-order valence-corrected chi connectivity index (χ2v) is 4.81. The number of aryl methyl sites for hydroxylation is 1. The molecule has 96 valence electrons. The monoisotopic (exact) mass is 251 g/mol. The fourth-order valence-corrected chi connectivity index (χ4v) is 2.16. The molecule has 2 heteroatoms. The van der Waals surface area contributed by atoms with Crippen LogP contribution < -0.4 is 4.74 Å². The fourth-order valence-electron chi connectivity index (χ4n) is 2.16. The highest BCUT2D eigenvalue weighted by atomic mass is 16.5. The van der Waals surface area contributed by atoms with Crippen molar-refractivity contribution in [3.05, 3.63) is 65.9 Å². The van der Waals surface area contributed by atoms with Gasteiger partial charge in [-0.25, -0.2) is 0 Å². The van der Waals surface area contributed by atoms with Crippen molar-refractivity contribution in [2.24, 2.45) is 0 Å². The minimum Gasteiger partial charge on any atom is -0.493 e. The number of benzene rings is 2. The van der Waals surface area contributed by atoms with Crippen molar-refractivity contribution in [3.8, 4) is 5.75 Å². The van der Waals surface area contributed by atoms with Crippen molar-refractivity contribution in [2.75, 3.05) is 6.61 Å². The zero-order valence-corrected chi connectivity index (χ0v) is 11.0. The van der Waals surface area contributed by atoms with E-state index in [1.807, 2.05) is 18.3 Å². The van der Waals surface area contributed by atoms with Crippen molar-refractivity contribution >= 4 is 10.9 Å². The van der Waals surface area contributed by atoms with Crippen LogP contribution in [0.25, 0.3) is 10.9 Å². The number of hydrogen-bond acceptors (Lipinski definition) is 1. The predicted molar refractivity (Wildman–Crippen MR) is 78.7 cm³/mol. The summed E-state index contributed by atoms with van der Waals surface area (Å²) in [6.07, 6.45) is 2.88. The molecule has 1 heterocycles.